The van der Waals surface area contributed by atoms with E-state index in [2.05, 4.69) is 17.6 Å². The lowest BCUT2D eigenvalue weighted by atomic mass is 9.93. The minimum atomic E-state index is -0.107. The molecule has 4 heteroatoms. The van der Waals surface area contributed by atoms with Crippen molar-refractivity contribution in [1.82, 2.24) is 10.6 Å². The van der Waals surface area contributed by atoms with Crippen LogP contribution in [0.1, 0.15) is 65.3 Å². The number of hydrogen-bond donors (Lipinski definition) is 2. The third kappa shape index (κ3) is 5.68. The third-order valence-corrected chi connectivity index (χ3v) is 3.54. The fourth-order valence-corrected chi connectivity index (χ4v) is 2.25. The molecular formula is C17H26N2O2. The number of rotatable bonds is 9. The molecule has 0 saturated carbocycles. The van der Waals surface area contributed by atoms with Gasteiger partial charge in [-0.25, -0.2) is 0 Å². The summed E-state index contributed by atoms with van der Waals surface area (Å²) in [5, 5.41) is 5.98. The Morgan fingerprint density at radius 3 is 2.67 bits per heavy atom. The standard InChI is InChI=1S/C17H26N2O2/c1-4-7-19-17(21)16-10-14(12-20)9-15(11-16)13(2)6-5-8-18-3/h9-13,18H,4-8H2,1-3H3,(H,19,21). The summed E-state index contributed by atoms with van der Waals surface area (Å²) in [4.78, 5) is 23.2. The van der Waals surface area contributed by atoms with E-state index in [-0.39, 0.29) is 5.91 Å². The Bertz CT molecular complexity index is 472. The number of carbonyl (C=O) groups is 2. The molecule has 116 valence electrons. The molecule has 0 aromatic heterocycles. The number of carbonyl (C=O) groups excluding carboxylic acids is 2. The molecule has 1 unspecified atom stereocenters. The van der Waals surface area contributed by atoms with Crippen LogP contribution in [0.3, 0.4) is 0 Å². The number of amides is 1. The summed E-state index contributed by atoms with van der Waals surface area (Å²) in [7, 11) is 1.94. The van der Waals surface area contributed by atoms with Gasteiger partial charge in [0.2, 0.25) is 0 Å². The molecule has 0 heterocycles. The maximum absolute atomic E-state index is 12.1. The lowest BCUT2D eigenvalue weighted by molar-refractivity contribution is 0.0953. The van der Waals surface area contributed by atoms with Gasteiger partial charge in [-0.2, -0.15) is 0 Å². The average molecular weight is 290 g/mol. The highest BCUT2D eigenvalue weighted by Gasteiger charge is 2.12. The van der Waals surface area contributed by atoms with E-state index in [1.807, 2.05) is 26.1 Å². The van der Waals surface area contributed by atoms with Gasteiger partial charge in [0, 0.05) is 17.7 Å². The Kier molecular flexibility index (Phi) is 7.69. The van der Waals surface area contributed by atoms with E-state index in [1.54, 1.807) is 6.07 Å². The first kappa shape index (κ1) is 17.4. The first-order chi connectivity index (χ1) is 10.1. The van der Waals surface area contributed by atoms with Crippen molar-refractivity contribution in [1.29, 1.82) is 0 Å². The Morgan fingerprint density at radius 1 is 1.29 bits per heavy atom. The minimum absolute atomic E-state index is 0.107. The predicted molar refractivity (Wildman–Crippen MR) is 86.0 cm³/mol. The molecule has 0 aliphatic heterocycles. The summed E-state index contributed by atoms with van der Waals surface area (Å²) in [5.41, 5.74) is 2.19. The van der Waals surface area contributed by atoms with Crippen molar-refractivity contribution in [3.8, 4) is 0 Å². The summed E-state index contributed by atoms with van der Waals surface area (Å²) in [5.74, 6) is 0.222. The predicted octanol–water partition coefficient (Wildman–Crippen LogP) is 2.74. The van der Waals surface area contributed by atoms with E-state index in [0.29, 0.717) is 23.6 Å². The molecule has 2 N–H and O–H groups in total. The zero-order chi connectivity index (χ0) is 15.7. The molecule has 0 spiro atoms. The lowest BCUT2D eigenvalue weighted by Crippen LogP contribution is -2.24. The summed E-state index contributed by atoms with van der Waals surface area (Å²) < 4.78 is 0. The topological polar surface area (TPSA) is 58.2 Å². The molecule has 1 amide bonds. The molecule has 4 nitrogen and oxygen atoms in total. The van der Waals surface area contributed by atoms with E-state index < -0.39 is 0 Å². The quantitative estimate of drug-likeness (QED) is 0.543. The molecule has 0 fully saturated rings. The number of hydrogen-bond acceptors (Lipinski definition) is 3. The molecule has 1 rings (SSSR count). The molecule has 21 heavy (non-hydrogen) atoms. The molecule has 1 aromatic carbocycles. The van der Waals surface area contributed by atoms with Crippen LogP contribution in [0.5, 0.6) is 0 Å². The Morgan fingerprint density at radius 2 is 2.05 bits per heavy atom. The number of nitrogens with one attached hydrogen (secondary N) is 2. The second-order valence-electron chi connectivity index (χ2n) is 5.41. The Balaban J connectivity index is 2.88. The van der Waals surface area contributed by atoms with Crippen molar-refractivity contribution >= 4 is 12.2 Å². The van der Waals surface area contributed by atoms with Gasteiger partial charge in [0.05, 0.1) is 0 Å². The number of benzene rings is 1. The Hall–Kier alpha value is -1.68. The molecule has 0 saturated heterocycles. The van der Waals surface area contributed by atoms with Crippen LogP contribution in [0, 0.1) is 0 Å². The highest BCUT2D eigenvalue weighted by atomic mass is 16.1. The van der Waals surface area contributed by atoms with Crippen LogP contribution in [0.4, 0.5) is 0 Å². The zero-order valence-corrected chi connectivity index (χ0v) is 13.2. The fraction of sp³-hybridized carbons (Fsp3) is 0.529. The van der Waals surface area contributed by atoms with Crippen LogP contribution < -0.4 is 10.6 Å². The van der Waals surface area contributed by atoms with Crippen molar-refractivity contribution in [3.63, 3.8) is 0 Å². The van der Waals surface area contributed by atoms with Crippen molar-refractivity contribution in [2.24, 2.45) is 0 Å². The average Bonchev–Trinajstić information content (AvgIpc) is 2.52. The van der Waals surface area contributed by atoms with Crippen LogP contribution in [-0.2, 0) is 0 Å². The van der Waals surface area contributed by atoms with Crippen molar-refractivity contribution in [3.05, 3.63) is 34.9 Å². The smallest absolute Gasteiger partial charge is 0.251 e. The van der Waals surface area contributed by atoms with E-state index in [9.17, 15) is 9.59 Å². The Labute approximate surface area is 127 Å². The molecular weight excluding hydrogens is 264 g/mol. The van der Waals surface area contributed by atoms with Crippen molar-refractivity contribution in [2.45, 2.75) is 39.0 Å². The van der Waals surface area contributed by atoms with Crippen LogP contribution in [0.25, 0.3) is 0 Å². The zero-order valence-electron chi connectivity index (χ0n) is 13.2. The summed E-state index contributed by atoms with van der Waals surface area (Å²) >= 11 is 0. The van der Waals surface area contributed by atoms with Gasteiger partial charge in [0.1, 0.15) is 6.29 Å². The van der Waals surface area contributed by atoms with Crippen LogP contribution in [0.15, 0.2) is 18.2 Å². The number of aldehydes is 1. The van der Waals surface area contributed by atoms with Gasteiger partial charge >= 0.3 is 0 Å². The summed E-state index contributed by atoms with van der Waals surface area (Å²) in [6.45, 7) is 5.77. The van der Waals surface area contributed by atoms with E-state index >= 15 is 0 Å². The van der Waals surface area contributed by atoms with Gasteiger partial charge in [-0.05, 0) is 62.5 Å². The second kappa shape index (κ2) is 9.29. The van der Waals surface area contributed by atoms with Gasteiger partial charge in [-0.3, -0.25) is 9.59 Å². The molecule has 1 atom stereocenters. The minimum Gasteiger partial charge on any atom is -0.352 e. The molecule has 0 aliphatic rings. The highest BCUT2D eigenvalue weighted by molar-refractivity contribution is 5.96. The first-order valence-electron chi connectivity index (χ1n) is 7.65. The maximum Gasteiger partial charge on any atom is 0.251 e. The second-order valence-corrected chi connectivity index (χ2v) is 5.41. The normalized spacial score (nSPS) is 12.0. The van der Waals surface area contributed by atoms with Gasteiger partial charge in [-0.1, -0.05) is 13.8 Å². The van der Waals surface area contributed by atoms with Gasteiger partial charge < -0.3 is 10.6 Å². The maximum atomic E-state index is 12.1. The monoisotopic (exact) mass is 290 g/mol. The van der Waals surface area contributed by atoms with E-state index in [1.165, 1.54) is 0 Å². The summed E-state index contributed by atoms with van der Waals surface area (Å²) in [6, 6.07) is 5.44. The van der Waals surface area contributed by atoms with Crippen molar-refractivity contribution < 1.29 is 9.59 Å². The van der Waals surface area contributed by atoms with Crippen LogP contribution in [-0.4, -0.2) is 32.3 Å². The van der Waals surface area contributed by atoms with Crippen LogP contribution >= 0.6 is 0 Å². The van der Waals surface area contributed by atoms with E-state index in [0.717, 1.165) is 37.7 Å². The first-order valence-corrected chi connectivity index (χ1v) is 7.65. The summed E-state index contributed by atoms with van der Waals surface area (Å²) in [6.07, 6.45) is 3.80. The van der Waals surface area contributed by atoms with Crippen molar-refractivity contribution in [2.75, 3.05) is 20.1 Å². The van der Waals surface area contributed by atoms with E-state index in [4.69, 9.17) is 0 Å². The van der Waals surface area contributed by atoms with Gasteiger partial charge in [-0.15, -0.1) is 0 Å². The van der Waals surface area contributed by atoms with Crippen LogP contribution in [0.2, 0.25) is 0 Å². The SMILES string of the molecule is CCCNC(=O)c1cc(C=O)cc(C(C)CCCNC)c1. The molecule has 0 aliphatic carbocycles. The van der Waals surface area contributed by atoms with Gasteiger partial charge in [0.15, 0.2) is 0 Å². The largest absolute Gasteiger partial charge is 0.352 e. The molecule has 1 aromatic rings. The third-order valence-electron chi connectivity index (χ3n) is 3.54. The molecule has 0 bridgehead atoms. The van der Waals surface area contributed by atoms with Gasteiger partial charge in [0.25, 0.3) is 5.91 Å². The lowest BCUT2D eigenvalue weighted by Gasteiger charge is -2.14. The fourth-order valence-electron chi connectivity index (χ4n) is 2.25. The molecule has 0 radical (unpaired) electrons. The highest BCUT2D eigenvalue weighted by Crippen LogP contribution is 2.23.